The molecular weight excluding hydrogens is 236 g/mol. The molecule has 2 heterocycles. The first-order chi connectivity index (χ1) is 8.29. The van der Waals surface area contributed by atoms with E-state index in [-0.39, 0.29) is 0 Å². The van der Waals surface area contributed by atoms with Crippen LogP contribution in [0.4, 0.5) is 5.95 Å². The van der Waals surface area contributed by atoms with E-state index in [0.29, 0.717) is 11.1 Å². The summed E-state index contributed by atoms with van der Waals surface area (Å²) in [5.41, 5.74) is 0. The number of halogens is 1. The highest BCUT2D eigenvalue weighted by molar-refractivity contribution is 6.30. The molecular formula is C12H19ClN4. The van der Waals surface area contributed by atoms with Gasteiger partial charge in [-0.1, -0.05) is 18.5 Å². The Morgan fingerprint density at radius 1 is 1.47 bits per heavy atom. The number of aromatic nitrogens is 2. The molecule has 5 heteroatoms. The van der Waals surface area contributed by atoms with E-state index in [1.54, 1.807) is 12.4 Å². The molecule has 2 rings (SSSR count). The largest absolute Gasteiger partial charge is 0.339 e. The zero-order chi connectivity index (χ0) is 12.1. The maximum absolute atomic E-state index is 5.81. The quantitative estimate of drug-likeness (QED) is 0.874. The topological polar surface area (TPSA) is 41.0 Å². The molecule has 1 aromatic rings. The van der Waals surface area contributed by atoms with Crippen LogP contribution in [0.25, 0.3) is 0 Å². The second-order valence-electron chi connectivity index (χ2n) is 4.44. The first kappa shape index (κ1) is 12.6. The van der Waals surface area contributed by atoms with Gasteiger partial charge in [0.2, 0.25) is 5.95 Å². The molecule has 1 saturated heterocycles. The molecule has 0 bridgehead atoms. The first-order valence-corrected chi connectivity index (χ1v) is 6.63. The van der Waals surface area contributed by atoms with Gasteiger partial charge in [-0.25, -0.2) is 9.97 Å². The average molecular weight is 255 g/mol. The van der Waals surface area contributed by atoms with Crippen molar-refractivity contribution < 1.29 is 0 Å². The Labute approximate surface area is 107 Å². The molecule has 1 unspecified atom stereocenters. The Morgan fingerprint density at radius 2 is 2.24 bits per heavy atom. The van der Waals surface area contributed by atoms with Crippen LogP contribution in [0.5, 0.6) is 0 Å². The highest BCUT2D eigenvalue weighted by Gasteiger charge is 2.18. The summed E-state index contributed by atoms with van der Waals surface area (Å²) in [6.45, 7) is 5.27. The molecule has 0 aliphatic carbocycles. The van der Waals surface area contributed by atoms with E-state index in [9.17, 15) is 0 Å². The van der Waals surface area contributed by atoms with E-state index in [1.165, 1.54) is 12.8 Å². The van der Waals surface area contributed by atoms with Crippen molar-refractivity contribution in [2.45, 2.75) is 32.2 Å². The standard InChI is InChI=1S/C12H19ClN4/c1-2-6-17(9-11-4-3-5-14-11)12-15-7-10(13)8-16-12/h7-8,11,14H,2-6,9H2,1H3. The van der Waals surface area contributed by atoms with Crippen molar-refractivity contribution in [3.05, 3.63) is 17.4 Å². The minimum absolute atomic E-state index is 0.570. The SMILES string of the molecule is CCCN(CC1CCCN1)c1ncc(Cl)cn1. The fourth-order valence-corrected chi connectivity index (χ4v) is 2.29. The van der Waals surface area contributed by atoms with E-state index < -0.39 is 0 Å². The molecule has 94 valence electrons. The molecule has 0 spiro atoms. The van der Waals surface area contributed by atoms with Crippen LogP contribution in [0, 0.1) is 0 Å². The monoisotopic (exact) mass is 254 g/mol. The number of hydrogen-bond acceptors (Lipinski definition) is 4. The highest BCUT2D eigenvalue weighted by Crippen LogP contribution is 2.14. The van der Waals surface area contributed by atoms with Gasteiger partial charge in [0, 0.05) is 19.1 Å². The fourth-order valence-electron chi connectivity index (χ4n) is 2.19. The van der Waals surface area contributed by atoms with Gasteiger partial charge in [-0.2, -0.15) is 0 Å². The lowest BCUT2D eigenvalue weighted by Gasteiger charge is -2.25. The predicted octanol–water partition coefficient (Wildman–Crippen LogP) is 2.10. The minimum atomic E-state index is 0.570. The molecule has 0 amide bonds. The summed E-state index contributed by atoms with van der Waals surface area (Å²) in [5.74, 6) is 0.782. The fraction of sp³-hybridized carbons (Fsp3) is 0.667. The van der Waals surface area contributed by atoms with E-state index in [1.807, 2.05) is 0 Å². The van der Waals surface area contributed by atoms with Crippen molar-refractivity contribution in [1.29, 1.82) is 0 Å². The lowest BCUT2D eigenvalue weighted by molar-refractivity contribution is 0.571. The molecule has 1 aromatic heterocycles. The number of hydrogen-bond donors (Lipinski definition) is 1. The molecule has 0 radical (unpaired) electrons. The third-order valence-corrected chi connectivity index (χ3v) is 3.18. The summed E-state index contributed by atoms with van der Waals surface area (Å²) >= 11 is 5.81. The van der Waals surface area contributed by atoms with Crippen molar-refractivity contribution in [3.63, 3.8) is 0 Å². The van der Waals surface area contributed by atoms with Gasteiger partial charge < -0.3 is 10.2 Å². The van der Waals surface area contributed by atoms with Crippen molar-refractivity contribution in [2.75, 3.05) is 24.5 Å². The van der Waals surface area contributed by atoms with Gasteiger partial charge in [-0.05, 0) is 25.8 Å². The summed E-state index contributed by atoms with van der Waals surface area (Å²) in [6.07, 6.45) is 6.93. The second-order valence-corrected chi connectivity index (χ2v) is 4.88. The Morgan fingerprint density at radius 3 is 2.82 bits per heavy atom. The normalized spacial score (nSPS) is 19.5. The molecule has 17 heavy (non-hydrogen) atoms. The van der Waals surface area contributed by atoms with Gasteiger partial charge in [-0.3, -0.25) is 0 Å². The van der Waals surface area contributed by atoms with E-state index >= 15 is 0 Å². The summed E-state index contributed by atoms with van der Waals surface area (Å²) in [6, 6.07) is 0.570. The molecule has 1 aliphatic heterocycles. The number of anilines is 1. The lowest BCUT2D eigenvalue weighted by atomic mass is 10.2. The average Bonchev–Trinajstić information content (AvgIpc) is 2.82. The highest BCUT2D eigenvalue weighted by atomic mass is 35.5. The smallest absolute Gasteiger partial charge is 0.225 e. The Hall–Kier alpha value is -0.870. The molecule has 1 aliphatic rings. The van der Waals surface area contributed by atoms with Crippen LogP contribution in [0.1, 0.15) is 26.2 Å². The van der Waals surface area contributed by atoms with Crippen molar-refractivity contribution in [3.8, 4) is 0 Å². The molecule has 1 atom stereocenters. The molecule has 0 saturated carbocycles. The summed E-state index contributed by atoms with van der Waals surface area (Å²) in [7, 11) is 0. The lowest BCUT2D eigenvalue weighted by Crippen LogP contribution is -2.38. The summed E-state index contributed by atoms with van der Waals surface area (Å²) in [5, 5.41) is 4.09. The molecule has 4 nitrogen and oxygen atoms in total. The zero-order valence-electron chi connectivity index (χ0n) is 10.2. The Balaban J connectivity index is 2.02. The van der Waals surface area contributed by atoms with Gasteiger partial charge >= 0.3 is 0 Å². The van der Waals surface area contributed by atoms with Crippen LogP contribution in [-0.2, 0) is 0 Å². The molecule has 1 fully saturated rings. The maximum Gasteiger partial charge on any atom is 0.225 e. The Kier molecular flexibility index (Phi) is 4.57. The maximum atomic E-state index is 5.81. The predicted molar refractivity (Wildman–Crippen MR) is 70.6 cm³/mol. The number of rotatable bonds is 5. The first-order valence-electron chi connectivity index (χ1n) is 6.25. The van der Waals surface area contributed by atoms with Crippen LogP contribution < -0.4 is 10.2 Å². The van der Waals surface area contributed by atoms with Crippen LogP contribution in [-0.4, -0.2) is 35.6 Å². The minimum Gasteiger partial charge on any atom is -0.339 e. The molecule has 1 N–H and O–H groups in total. The van der Waals surface area contributed by atoms with Crippen LogP contribution in [0.3, 0.4) is 0 Å². The van der Waals surface area contributed by atoms with Crippen LogP contribution >= 0.6 is 11.6 Å². The van der Waals surface area contributed by atoms with Gasteiger partial charge in [0.25, 0.3) is 0 Å². The van der Waals surface area contributed by atoms with Crippen molar-refractivity contribution in [1.82, 2.24) is 15.3 Å². The van der Waals surface area contributed by atoms with E-state index in [4.69, 9.17) is 11.6 Å². The van der Waals surface area contributed by atoms with E-state index in [2.05, 4.69) is 27.1 Å². The third kappa shape index (κ3) is 3.54. The van der Waals surface area contributed by atoms with Crippen molar-refractivity contribution in [2.24, 2.45) is 0 Å². The van der Waals surface area contributed by atoms with Gasteiger partial charge in [-0.15, -0.1) is 0 Å². The van der Waals surface area contributed by atoms with Gasteiger partial charge in [0.1, 0.15) is 0 Å². The number of nitrogens with zero attached hydrogens (tertiary/aromatic N) is 3. The summed E-state index contributed by atoms with van der Waals surface area (Å²) < 4.78 is 0. The second kappa shape index (κ2) is 6.17. The van der Waals surface area contributed by atoms with Gasteiger partial charge in [0.15, 0.2) is 0 Å². The van der Waals surface area contributed by atoms with Gasteiger partial charge in [0.05, 0.1) is 17.4 Å². The number of nitrogens with one attached hydrogen (secondary N) is 1. The van der Waals surface area contributed by atoms with Crippen LogP contribution in [0.15, 0.2) is 12.4 Å². The van der Waals surface area contributed by atoms with Crippen molar-refractivity contribution >= 4 is 17.5 Å². The van der Waals surface area contributed by atoms with E-state index in [0.717, 1.165) is 32.0 Å². The summed E-state index contributed by atoms with van der Waals surface area (Å²) in [4.78, 5) is 10.8. The molecule has 0 aromatic carbocycles. The third-order valence-electron chi connectivity index (χ3n) is 2.99. The zero-order valence-corrected chi connectivity index (χ0v) is 11.0. The Bertz CT molecular complexity index is 335. The van der Waals surface area contributed by atoms with Crippen LogP contribution in [0.2, 0.25) is 5.02 Å².